The SMILES string of the molecule is CC(c1ccccc1)[C@H](S)C(=O)N[C@H](C(=O)N1CCCCC1C(=O)O)C(C)C. The lowest BCUT2D eigenvalue weighted by atomic mass is 9.95. The van der Waals surface area contributed by atoms with Crippen LogP contribution >= 0.6 is 12.6 Å². The van der Waals surface area contributed by atoms with Crippen LogP contribution in [0, 0.1) is 5.92 Å². The number of carbonyl (C=O) groups excluding carboxylic acids is 2. The first-order valence-corrected chi connectivity index (χ1v) is 10.3. The third kappa shape index (κ3) is 5.28. The summed E-state index contributed by atoms with van der Waals surface area (Å²) in [6.45, 7) is 6.01. The van der Waals surface area contributed by atoms with Gasteiger partial charge in [-0.3, -0.25) is 9.59 Å². The molecule has 1 fully saturated rings. The molecule has 2 N–H and O–H groups in total. The predicted molar refractivity (Wildman–Crippen MR) is 111 cm³/mol. The second-order valence-electron chi connectivity index (χ2n) is 7.76. The number of carboxylic acid groups (broad SMARTS) is 1. The number of benzene rings is 1. The molecule has 28 heavy (non-hydrogen) atoms. The number of rotatable bonds is 7. The van der Waals surface area contributed by atoms with Crippen LogP contribution in [0.3, 0.4) is 0 Å². The van der Waals surface area contributed by atoms with E-state index < -0.39 is 23.3 Å². The first kappa shape index (κ1) is 22.3. The Kier molecular flexibility index (Phi) is 7.92. The molecule has 4 atom stereocenters. The molecule has 0 radical (unpaired) electrons. The Morgan fingerprint density at radius 2 is 1.79 bits per heavy atom. The van der Waals surface area contributed by atoms with Gasteiger partial charge in [0.2, 0.25) is 11.8 Å². The van der Waals surface area contributed by atoms with Crippen molar-refractivity contribution in [3.05, 3.63) is 35.9 Å². The van der Waals surface area contributed by atoms with Crippen molar-refractivity contribution in [1.82, 2.24) is 10.2 Å². The number of carboxylic acids is 1. The monoisotopic (exact) mass is 406 g/mol. The van der Waals surface area contributed by atoms with Gasteiger partial charge < -0.3 is 15.3 Å². The number of carbonyl (C=O) groups is 3. The molecule has 2 unspecified atom stereocenters. The van der Waals surface area contributed by atoms with E-state index in [1.165, 1.54) is 4.90 Å². The third-order valence-electron chi connectivity index (χ3n) is 5.37. The zero-order valence-corrected chi connectivity index (χ0v) is 17.6. The molecule has 0 bridgehead atoms. The van der Waals surface area contributed by atoms with Gasteiger partial charge in [-0.1, -0.05) is 51.1 Å². The van der Waals surface area contributed by atoms with Crippen LogP contribution in [0.5, 0.6) is 0 Å². The first-order valence-electron chi connectivity index (χ1n) is 9.80. The van der Waals surface area contributed by atoms with E-state index >= 15 is 0 Å². The van der Waals surface area contributed by atoms with E-state index in [1.54, 1.807) is 0 Å². The van der Waals surface area contributed by atoms with Gasteiger partial charge in [0.25, 0.3) is 0 Å². The number of hydrogen-bond donors (Lipinski definition) is 3. The second-order valence-corrected chi connectivity index (χ2v) is 8.31. The highest BCUT2D eigenvalue weighted by molar-refractivity contribution is 7.81. The summed E-state index contributed by atoms with van der Waals surface area (Å²) in [5, 5.41) is 11.7. The van der Waals surface area contributed by atoms with Crippen molar-refractivity contribution in [2.24, 2.45) is 5.92 Å². The molecule has 1 aromatic carbocycles. The van der Waals surface area contributed by atoms with E-state index in [0.29, 0.717) is 13.0 Å². The fourth-order valence-electron chi connectivity index (χ4n) is 3.55. The summed E-state index contributed by atoms with van der Waals surface area (Å²) in [5.74, 6) is -1.94. The van der Waals surface area contributed by atoms with Gasteiger partial charge in [0.1, 0.15) is 12.1 Å². The average molecular weight is 407 g/mol. The third-order valence-corrected chi connectivity index (χ3v) is 6.05. The van der Waals surface area contributed by atoms with E-state index in [4.69, 9.17) is 0 Å². The highest BCUT2D eigenvalue weighted by Crippen LogP contribution is 2.24. The van der Waals surface area contributed by atoms with Crippen LogP contribution < -0.4 is 5.32 Å². The Morgan fingerprint density at radius 3 is 2.36 bits per heavy atom. The quantitative estimate of drug-likeness (QED) is 0.608. The number of nitrogens with one attached hydrogen (secondary N) is 1. The zero-order valence-electron chi connectivity index (χ0n) is 16.7. The fourth-order valence-corrected chi connectivity index (χ4v) is 3.80. The summed E-state index contributed by atoms with van der Waals surface area (Å²) in [4.78, 5) is 38.8. The molecule has 6 nitrogen and oxygen atoms in total. The summed E-state index contributed by atoms with van der Waals surface area (Å²) in [7, 11) is 0. The minimum Gasteiger partial charge on any atom is -0.480 e. The van der Waals surface area contributed by atoms with Crippen LogP contribution in [0.15, 0.2) is 30.3 Å². The molecule has 1 heterocycles. The van der Waals surface area contributed by atoms with Crippen molar-refractivity contribution >= 4 is 30.4 Å². The molecule has 0 spiro atoms. The molecular weight excluding hydrogens is 376 g/mol. The maximum absolute atomic E-state index is 13.1. The van der Waals surface area contributed by atoms with Crippen molar-refractivity contribution in [3.63, 3.8) is 0 Å². The van der Waals surface area contributed by atoms with E-state index in [-0.39, 0.29) is 23.7 Å². The number of amides is 2. The Labute approximate surface area is 172 Å². The molecule has 0 aliphatic carbocycles. The van der Waals surface area contributed by atoms with Gasteiger partial charge >= 0.3 is 5.97 Å². The molecule has 0 aromatic heterocycles. The van der Waals surface area contributed by atoms with Crippen molar-refractivity contribution in [2.75, 3.05) is 6.54 Å². The summed E-state index contributed by atoms with van der Waals surface area (Å²) in [5.41, 5.74) is 0.993. The molecule has 2 amide bonds. The maximum atomic E-state index is 13.1. The van der Waals surface area contributed by atoms with Gasteiger partial charge in [-0.2, -0.15) is 12.6 Å². The lowest BCUT2D eigenvalue weighted by molar-refractivity contribution is -0.153. The average Bonchev–Trinajstić information content (AvgIpc) is 2.70. The normalized spacial score (nSPS) is 20.3. The highest BCUT2D eigenvalue weighted by atomic mass is 32.1. The molecule has 0 saturated carbocycles. The maximum Gasteiger partial charge on any atom is 0.326 e. The standard InChI is InChI=1S/C21H30N2O4S/c1-13(2)17(20(25)23-12-8-7-11-16(23)21(26)27)22-19(24)18(28)14(3)15-9-5-4-6-10-15/h4-6,9-10,13-14,16-18,28H,7-8,11-12H2,1-3H3,(H,22,24)(H,26,27)/t14?,16?,17-,18-/m0/s1. The number of hydrogen-bond acceptors (Lipinski definition) is 4. The molecule has 1 saturated heterocycles. The van der Waals surface area contributed by atoms with Crippen LogP contribution in [-0.4, -0.2) is 51.7 Å². The predicted octanol–water partition coefficient (Wildman–Crippen LogP) is 2.70. The molecular formula is C21H30N2O4S. The lowest BCUT2D eigenvalue weighted by Crippen LogP contribution is -2.58. The van der Waals surface area contributed by atoms with Crippen molar-refractivity contribution in [2.45, 2.75) is 63.3 Å². The van der Waals surface area contributed by atoms with Gasteiger partial charge in [0, 0.05) is 12.5 Å². The largest absolute Gasteiger partial charge is 0.480 e. The fraction of sp³-hybridized carbons (Fsp3) is 0.571. The van der Waals surface area contributed by atoms with Gasteiger partial charge in [-0.25, -0.2) is 4.79 Å². The summed E-state index contributed by atoms with van der Waals surface area (Å²) >= 11 is 4.49. The smallest absolute Gasteiger partial charge is 0.326 e. The Balaban J connectivity index is 2.11. The number of likely N-dealkylation sites (tertiary alicyclic amines) is 1. The van der Waals surface area contributed by atoms with Gasteiger partial charge in [-0.15, -0.1) is 0 Å². The van der Waals surface area contributed by atoms with E-state index in [9.17, 15) is 19.5 Å². The number of thiol groups is 1. The Morgan fingerprint density at radius 1 is 1.14 bits per heavy atom. The number of piperidine rings is 1. The van der Waals surface area contributed by atoms with Crippen molar-refractivity contribution < 1.29 is 19.5 Å². The van der Waals surface area contributed by atoms with Gasteiger partial charge in [0.05, 0.1) is 5.25 Å². The van der Waals surface area contributed by atoms with Gasteiger partial charge in [-0.05, 0) is 30.7 Å². The van der Waals surface area contributed by atoms with Crippen LogP contribution in [0.25, 0.3) is 0 Å². The van der Waals surface area contributed by atoms with Gasteiger partial charge in [0.15, 0.2) is 0 Å². The minimum absolute atomic E-state index is 0.130. The number of nitrogens with zero attached hydrogens (tertiary/aromatic N) is 1. The summed E-state index contributed by atoms with van der Waals surface area (Å²) in [6, 6.07) is 8.02. The van der Waals surface area contributed by atoms with E-state index in [1.807, 2.05) is 51.1 Å². The molecule has 154 valence electrons. The van der Waals surface area contributed by atoms with Crippen LogP contribution in [0.1, 0.15) is 51.5 Å². The molecule has 2 rings (SSSR count). The zero-order chi connectivity index (χ0) is 20.8. The highest BCUT2D eigenvalue weighted by Gasteiger charge is 2.38. The second kappa shape index (κ2) is 9.96. The van der Waals surface area contributed by atoms with Crippen LogP contribution in [0.2, 0.25) is 0 Å². The lowest BCUT2D eigenvalue weighted by Gasteiger charge is -2.37. The number of aliphatic carboxylic acids is 1. The Hall–Kier alpha value is -2.02. The molecule has 1 aliphatic heterocycles. The van der Waals surface area contributed by atoms with Crippen molar-refractivity contribution in [3.8, 4) is 0 Å². The molecule has 7 heteroatoms. The topological polar surface area (TPSA) is 86.7 Å². The summed E-state index contributed by atoms with van der Waals surface area (Å²) < 4.78 is 0. The van der Waals surface area contributed by atoms with Crippen LogP contribution in [-0.2, 0) is 14.4 Å². The molecule has 1 aliphatic rings. The van der Waals surface area contributed by atoms with E-state index in [0.717, 1.165) is 18.4 Å². The Bertz CT molecular complexity index is 695. The first-order chi connectivity index (χ1) is 13.2. The van der Waals surface area contributed by atoms with Crippen LogP contribution in [0.4, 0.5) is 0 Å². The van der Waals surface area contributed by atoms with Crippen molar-refractivity contribution in [1.29, 1.82) is 0 Å². The van der Waals surface area contributed by atoms with E-state index in [2.05, 4.69) is 17.9 Å². The molecule has 1 aromatic rings. The minimum atomic E-state index is -0.994. The summed E-state index contributed by atoms with van der Waals surface area (Å²) in [6.07, 6.45) is 2.00.